The summed E-state index contributed by atoms with van der Waals surface area (Å²) in [4.78, 5) is 28.9. The fraction of sp³-hybridized carbons (Fsp3) is 0.647. The minimum absolute atomic E-state index is 0.164. The lowest BCUT2D eigenvalue weighted by atomic mass is 10.0. The van der Waals surface area contributed by atoms with Crippen molar-refractivity contribution in [3.63, 3.8) is 0 Å². The smallest absolute Gasteiger partial charge is 0.410 e. The van der Waals surface area contributed by atoms with Crippen molar-refractivity contribution >= 4 is 23.2 Å². The molecule has 1 fully saturated rings. The Balaban J connectivity index is 1.79. The molecular weight excluding hydrogens is 312 g/mol. The van der Waals surface area contributed by atoms with Gasteiger partial charge in [0.1, 0.15) is 5.60 Å². The van der Waals surface area contributed by atoms with Gasteiger partial charge in [-0.25, -0.2) is 4.79 Å². The molecule has 0 unspecified atom stereocenters. The van der Waals surface area contributed by atoms with Gasteiger partial charge in [-0.3, -0.25) is 9.69 Å². The van der Waals surface area contributed by atoms with Crippen molar-refractivity contribution < 1.29 is 14.3 Å². The van der Waals surface area contributed by atoms with Crippen molar-refractivity contribution in [2.45, 2.75) is 45.3 Å². The molecule has 1 aromatic heterocycles. The molecule has 2 rings (SSSR count). The molecule has 0 bridgehead atoms. The maximum atomic E-state index is 12.2. The average Bonchev–Trinajstić information content (AvgIpc) is 3.00. The van der Waals surface area contributed by atoms with Crippen LogP contribution >= 0.6 is 11.3 Å². The lowest BCUT2D eigenvalue weighted by molar-refractivity contribution is 0.0156. The standard InChI is InChI=1S/C17H26N2O3S/c1-17(2,3)22-16(21)19-9-7-13(8-10-19)18(4)12-14(20)15-6-5-11-23-15/h5-6,11,13H,7-10,12H2,1-4H3. The Morgan fingerprint density at radius 3 is 2.52 bits per heavy atom. The fourth-order valence-corrected chi connectivity index (χ4v) is 3.34. The van der Waals surface area contributed by atoms with Crippen LogP contribution < -0.4 is 0 Å². The maximum Gasteiger partial charge on any atom is 0.410 e. The van der Waals surface area contributed by atoms with Gasteiger partial charge >= 0.3 is 6.09 Å². The highest BCUT2D eigenvalue weighted by molar-refractivity contribution is 7.12. The van der Waals surface area contributed by atoms with Gasteiger partial charge in [-0.05, 0) is 52.1 Å². The predicted octanol–water partition coefficient (Wildman–Crippen LogP) is 3.26. The summed E-state index contributed by atoms with van der Waals surface area (Å²) in [5.41, 5.74) is -0.460. The molecule has 0 atom stereocenters. The molecule has 1 saturated heterocycles. The Labute approximate surface area is 142 Å². The molecule has 23 heavy (non-hydrogen) atoms. The van der Waals surface area contributed by atoms with Crippen molar-refractivity contribution in [2.24, 2.45) is 0 Å². The second-order valence-electron chi connectivity index (χ2n) is 7.01. The van der Waals surface area contributed by atoms with Gasteiger partial charge in [-0.15, -0.1) is 11.3 Å². The molecule has 2 heterocycles. The highest BCUT2D eigenvalue weighted by Crippen LogP contribution is 2.19. The number of hydrogen-bond acceptors (Lipinski definition) is 5. The molecule has 0 aromatic carbocycles. The number of amides is 1. The van der Waals surface area contributed by atoms with Crippen LogP contribution in [0, 0.1) is 0 Å². The topological polar surface area (TPSA) is 49.9 Å². The van der Waals surface area contributed by atoms with E-state index in [2.05, 4.69) is 4.90 Å². The Morgan fingerprint density at radius 2 is 2.00 bits per heavy atom. The molecule has 0 spiro atoms. The molecule has 1 aliphatic rings. The lowest BCUT2D eigenvalue weighted by Crippen LogP contribution is -2.47. The van der Waals surface area contributed by atoms with Gasteiger partial charge in [0.15, 0.2) is 5.78 Å². The summed E-state index contributed by atoms with van der Waals surface area (Å²) in [7, 11) is 1.99. The SMILES string of the molecule is CN(CC(=O)c1cccs1)C1CCN(C(=O)OC(C)(C)C)CC1. The van der Waals surface area contributed by atoms with Crippen LogP contribution in [0.4, 0.5) is 4.79 Å². The van der Waals surface area contributed by atoms with E-state index >= 15 is 0 Å². The fourth-order valence-electron chi connectivity index (χ4n) is 2.69. The first-order valence-electron chi connectivity index (χ1n) is 8.01. The van der Waals surface area contributed by atoms with E-state index in [0.29, 0.717) is 25.7 Å². The summed E-state index contributed by atoms with van der Waals surface area (Å²) in [5.74, 6) is 0.164. The number of likely N-dealkylation sites (tertiary alicyclic amines) is 1. The van der Waals surface area contributed by atoms with Crippen LogP contribution in [0.5, 0.6) is 0 Å². The molecule has 128 valence electrons. The van der Waals surface area contributed by atoms with E-state index in [-0.39, 0.29) is 11.9 Å². The van der Waals surface area contributed by atoms with Gasteiger partial charge in [-0.1, -0.05) is 6.07 Å². The second kappa shape index (κ2) is 7.45. The van der Waals surface area contributed by atoms with Gasteiger partial charge in [0.25, 0.3) is 0 Å². The molecule has 0 saturated carbocycles. The van der Waals surface area contributed by atoms with Crippen LogP contribution in [0.15, 0.2) is 17.5 Å². The van der Waals surface area contributed by atoms with E-state index in [1.54, 1.807) is 4.90 Å². The summed E-state index contributed by atoms with van der Waals surface area (Å²) in [6, 6.07) is 4.10. The summed E-state index contributed by atoms with van der Waals surface area (Å²) >= 11 is 1.48. The van der Waals surface area contributed by atoms with Crippen LogP contribution in [0.25, 0.3) is 0 Å². The number of ketones is 1. The molecule has 5 nitrogen and oxygen atoms in total. The van der Waals surface area contributed by atoms with Crippen LogP contribution in [0.3, 0.4) is 0 Å². The number of piperidine rings is 1. The minimum Gasteiger partial charge on any atom is -0.444 e. The number of carbonyl (C=O) groups is 2. The zero-order valence-electron chi connectivity index (χ0n) is 14.4. The van der Waals surface area contributed by atoms with Gasteiger partial charge in [-0.2, -0.15) is 0 Å². The first-order chi connectivity index (χ1) is 10.8. The Bertz CT molecular complexity index is 529. The highest BCUT2D eigenvalue weighted by Gasteiger charge is 2.29. The van der Waals surface area contributed by atoms with Crippen molar-refractivity contribution in [2.75, 3.05) is 26.7 Å². The van der Waals surface area contributed by atoms with Crippen LogP contribution in [0.2, 0.25) is 0 Å². The van der Waals surface area contributed by atoms with Gasteiger partial charge in [0, 0.05) is 19.1 Å². The summed E-state index contributed by atoms with van der Waals surface area (Å²) < 4.78 is 5.41. The van der Waals surface area contributed by atoms with E-state index in [4.69, 9.17) is 4.74 Å². The number of rotatable bonds is 4. The van der Waals surface area contributed by atoms with Crippen LogP contribution in [-0.4, -0.2) is 60.0 Å². The first-order valence-corrected chi connectivity index (χ1v) is 8.89. The number of nitrogens with zero attached hydrogens (tertiary/aromatic N) is 2. The molecule has 1 amide bonds. The molecule has 0 N–H and O–H groups in total. The van der Waals surface area contributed by atoms with E-state index in [0.717, 1.165) is 17.7 Å². The monoisotopic (exact) mass is 338 g/mol. The second-order valence-corrected chi connectivity index (χ2v) is 7.96. The quantitative estimate of drug-likeness (QED) is 0.791. The van der Waals surface area contributed by atoms with Crippen molar-refractivity contribution in [1.82, 2.24) is 9.80 Å². The summed E-state index contributed by atoms with van der Waals surface area (Å²) in [5, 5.41) is 1.92. The molecular formula is C17H26N2O3S. The number of thiophene rings is 1. The number of hydrogen-bond donors (Lipinski definition) is 0. The van der Waals surface area contributed by atoms with Crippen molar-refractivity contribution in [3.05, 3.63) is 22.4 Å². The van der Waals surface area contributed by atoms with E-state index in [1.165, 1.54) is 11.3 Å². The van der Waals surface area contributed by atoms with E-state index in [1.807, 2.05) is 45.3 Å². The first kappa shape index (κ1) is 17.9. The number of carbonyl (C=O) groups excluding carboxylic acids is 2. The molecule has 0 aliphatic carbocycles. The third-order valence-electron chi connectivity index (χ3n) is 3.93. The van der Waals surface area contributed by atoms with Crippen molar-refractivity contribution in [1.29, 1.82) is 0 Å². The largest absolute Gasteiger partial charge is 0.444 e. The number of likely N-dealkylation sites (N-methyl/N-ethyl adjacent to an activating group) is 1. The van der Waals surface area contributed by atoms with Crippen LogP contribution in [-0.2, 0) is 4.74 Å². The Morgan fingerprint density at radius 1 is 1.35 bits per heavy atom. The normalized spacial score (nSPS) is 16.7. The Hall–Kier alpha value is -1.40. The average molecular weight is 338 g/mol. The van der Waals surface area contributed by atoms with E-state index in [9.17, 15) is 9.59 Å². The third kappa shape index (κ3) is 5.32. The highest BCUT2D eigenvalue weighted by atomic mass is 32.1. The summed E-state index contributed by atoms with van der Waals surface area (Å²) in [6.45, 7) is 7.41. The van der Waals surface area contributed by atoms with Gasteiger partial charge in [0.2, 0.25) is 0 Å². The summed E-state index contributed by atoms with van der Waals surface area (Å²) in [6.07, 6.45) is 1.49. The van der Waals surface area contributed by atoms with Gasteiger partial charge in [0.05, 0.1) is 11.4 Å². The zero-order chi connectivity index (χ0) is 17.0. The minimum atomic E-state index is -0.460. The van der Waals surface area contributed by atoms with Gasteiger partial charge < -0.3 is 9.64 Å². The maximum absolute atomic E-state index is 12.2. The predicted molar refractivity (Wildman–Crippen MR) is 92.1 cm³/mol. The third-order valence-corrected chi connectivity index (χ3v) is 4.84. The molecule has 1 aromatic rings. The lowest BCUT2D eigenvalue weighted by Gasteiger charge is -2.37. The number of Topliss-reactive ketones (excluding diaryl/α,β-unsaturated/α-hetero) is 1. The zero-order valence-corrected chi connectivity index (χ0v) is 15.2. The van der Waals surface area contributed by atoms with E-state index < -0.39 is 5.60 Å². The molecule has 1 aliphatic heterocycles. The van der Waals surface area contributed by atoms with Crippen molar-refractivity contribution in [3.8, 4) is 0 Å². The van der Waals surface area contributed by atoms with Crippen LogP contribution in [0.1, 0.15) is 43.3 Å². The number of ether oxygens (including phenoxy) is 1. The Kier molecular flexibility index (Phi) is 5.81. The molecule has 0 radical (unpaired) electrons. The molecule has 6 heteroatoms.